The topological polar surface area (TPSA) is 62.5 Å². The summed E-state index contributed by atoms with van der Waals surface area (Å²) in [6, 6.07) is 0. The number of hydrogen-bond donors (Lipinski definition) is 2. The molecule has 1 heterocycles. The van der Waals surface area contributed by atoms with Crippen LogP contribution in [-0.4, -0.2) is 23.2 Å². The van der Waals surface area contributed by atoms with E-state index in [2.05, 4.69) is 43.6 Å². The molecule has 0 amide bonds. The zero-order chi connectivity index (χ0) is 22.8. The average molecular weight is 434 g/mol. The smallest absolute Gasteiger partial charge is 0.231 e. The third-order valence-electron chi connectivity index (χ3n) is 7.99. The molecule has 0 unspecified atom stereocenters. The normalized spacial score (nSPS) is 38.0. The van der Waals surface area contributed by atoms with Crippen LogP contribution in [0.15, 0.2) is 60.1 Å². The molecule has 2 fully saturated rings. The summed E-state index contributed by atoms with van der Waals surface area (Å²) >= 11 is 0. The van der Waals surface area contributed by atoms with Crippen molar-refractivity contribution in [3.05, 3.63) is 60.1 Å². The third kappa shape index (κ3) is 3.99. The van der Waals surface area contributed by atoms with Crippen molar-refractivity contribution in [2.24, 2.45) is 23.2 Å². The minimum atomic E-state index is -0.949. The summed E-state index contributed by atoms with van der Waals surface area (Å²) in [6.45, 7) is 8.11. The van der Waals surface area contributed by atoms with E-state index in [0.29, 0.717) is 29.1 Å². The molecule has 4 aliphatic rings. The molecule has 4 rings (SSSR count). The Kier molecular flexibility index (Phi) is 6.49. The Bertz CT molecular complexity index is 959. The molecule has 3 aliphatic carbocycles. The van der Waals surface area contributed by atoms with Gasteiger partial charge in [0, 0.05) is 11.1 Å². The van der Waals surface area contributed by atoms with Crippen LogP contribution in [0.5, 0.6) is 0 Å². The van der Waals surface area contributed by atoms with Gasteiger partial charge in [-0.3, -0.25) is 0 Å². The van der Waals surface area contributed by atoms with Crippen LogP contribution in [0, 0.1) is 40.4 Å². The van der Waals surface area contributed by atoms with E-state index in [0.717, 1.165) is 44.9 Å². The second-order valence-electron chi connectivity index (χ2n) is 9.66. The third-order valence-corrected chi connectivity index (χ3v) is 7.99. The number of ether oxygens (including phenoxy) is 2. The summed E-state index contributed by atoms with van der Waals surface area (Å²) in [5.74, 6) is 8.59. The summed E-state index contributed by atoms with van der Waals surface area (Å²) in [4.78, 5) is 0. The summed E-state index contributed by atoms with van der Waals surface area (Å²) in [5.41, 5.74) is 0.936. The highest BCUT2D eigenvalue weighted by Crippen LogP contribution is 2.63. The van der Waals surface area contributed by atoms with Crippen LogP contribution in [0.25, 0.3) is 0 Å². The zero-order valence-electron chi connectivity index (χ0n) is 19.3. The standard InChI is InChI=1S/C28H35NO3/c1-4-16-28(30)17-15-24-23-11-7-6-9-21(29)10-8-12-22(23)20(18-27(24,28)3)13-14-26-25(5-2)31-19-32-26/h5-6,9,12-14,20,23-24,29-30H,2,7-8,10-11,15,17-19H2,1,3H3/b9-6+,14-13+,22-12?,29-21?/t20-,23+,24-,27-,28-/m0/s1. The van der Waals surface area contributed by atoms with E-state index in [1.165, 1.54) is 5.57 Å². The lowest BCUT2D eigenvalue weighted by Gasteiger charge is -2.51. The molecule has 4 nitrogen and oxygen atoms in total. The molecule has 170 valence electrons. The van der Waals surface area contributed by atoms with Gasteiger partial charge in [-0.1, -0.05) is 43.2 Å². The summed E-state index contributed by atoms with van der Waals surface area (Å²) in [6.07, 6.45) is 18.6. The lowest BCUT2D eigenvalue weighted by Crippen LogP contribution is -2.50. The predicted octanol–water partition coefficient (Wildman–Crippen LogP) is 5.83. The van der Waals surface area contributed by atoms with Gasteiger partial charge in [-0.25, -0.2) is 0 Å². The summed E-state index contributed by atoms with van der Waals surface area (Å²) < 4.78 is 11.1. The van der Waals surface area contributed by atoms with Gasteiger partial charge in [-0.15, -0.1) is 5.92 Å². The van der Waals surface area contributed by atoms with Crippen molar-refractivity contribution in [3.8, 4) is 11.8 Å². The van der Waals surface area contributed by atoms with Gasteiger partial charge >= 0.3 is 0 Å². The SMILES string of the molecule is C=CC1=C(/C=C/[C@H]2C[C@@]3(C)[C@@H](CC[C@@]3(O)C#CC)[C@@H]3CC/C=C/C(=N)CCC=C32)OCO1. The predicted molar refractivity (Wildman–Crippen MR) is 128 cm³/mol. The fraction of sp³-hybridized carbons (Fsp3) is 0.536. The first-order valence-corrected chi connectivity index (χ1v) is 11.8. The molecular weight excluding hydrogens is 398 g/mol. The molecule has 2 N–H and O–H groups in total. The van der Waals surface area contributed by atoms with Gasteiger partial charge < -0.3 is 20.0 Å². The van der Waals surface area contributed by atoms with Crippen LogP contribution in [-0.2, 0) is 9.47 Å². The number of rotatable bonds is 3. The maximum atomic E-state index is 11.6. The minimum Gasteiger partial charge on any atom is -0.454 e. The van der Waals surface area contributed by atoms with Crippen LogP contribution < -0.4 is 0 Å². The van der Waals surface area contributed by atoms with Crippen molar-refractivity contribution in [2.75, 3.05) is 6.79 Å². The second-order valence-corrected chi connectivity index (χ2v) is 9.66. The van der Waals surface area contributed by atoms with E-state index < -0.39 is 5.60 Å². The lowest BCUT2D eigenvalue weighted by atomic mass is 9.54. The highest BCUT2D eigenvalue weighted by Gasteiger charge is 2.61. The summed E-state index contributed by atoms with van der Waals surface area (Å²) in [5, 5.41) is 19.8. The Labute approximate surface area is 192 Å². The first-order valence-electron chi connectivity index (χ1n) is 11.8. The van der Waals surface area contributed by atoms with Crippen molar-refractivity contribution in [1.82, 2.24) is 0 Å². The van der Waals surface area contributed by atoms with Gasteiger partial charge in [-0.2, -0.15) is 0 Å². The van der Waals surface area contributed by atoms with E-state index >= 15 is 0 Å². The Morgan fingerprint density at radius 3 is 2.84 bits per heavy atom. The van der Waals surface area contributed by atoms with Crippen LogP contribution in [0.2, 0.25) is 0 Å². The number of hydrogen-bond acceptors (Lipinski definition) is 4. The molecule has 0 bridgehead atoms. The van der Waals surface area contributed by atoms with Crippen molar-refractivity contribution in [2.45, 2.75) is 64.4 Å². The minimum absolute atomic E-state index is 0.185. The van der Waals surface area contributed by atoms with Crippen molar-refractivity contribution < 1.29 is 14.6 Å². The molecule has 0 aromatic rings. The molecular formula is C28H35NO3. The van der Waals surface area contributed by atoms with E-state index in [1.807, 2.05) is 19.1 Å². The molecule has 1 aliphatic heterocycles. The Morgan fingerprint density at radius 2 is 2.06 bits per heavy atom. The van der Waals surface area contributed by atoms with Crippen molar-refractivity contribution in [1.29, 1.82) is 5.41 Å². The van der Waals surface area contributed by atoms with Crippen molar-refractivity contribution in [3.63, 3.8) is 0 Å². The van der Waals surface area contributed by atoms with E-state index in [4.69, 9.17) is 14.9 Å². The zero-order valence-corrected chi connectivity index (χ0v) is 19.3. The first-order chi connectivity index (χ1) is 15.4. The highest BCUT2D eigenvalue weighted by molar-refractivity contribution is 5.92. The monoisotopic (exact) mass is 433 g/mol. The number of nitrogens with one attached hydrogen (secondary N) is 1. The van der Waals surface area contributed by atoms with Gasteiger partial charge in [0.25, 0.3) is 0 Å². The maximum Gasteiger partial charge on any atom is 0.231 e. The molecule has 5 atom stereocenters. The molecule has 2 saturated carbocycles. The Balaban J connectivity index is 1.74. The quantitative estimate of drug-likeness (QED) is 0.435. The average Bonchev–Trinajstić information content (AvgIpc) is 3.33. The van der Waals surface area contributed by atoms with Gasteiger partial charge in [-0.05, 0) is 87.9 Å². The number of fused-ring (bicyclic) bond motifs is 3. The van der Waals surface area contributed by atoms with Crippen LogP contribution in [0.3, 0.4) is 0 Å². The second kappa shape index (κ2) is 9.16. The van der Waals surface area contributed by atoms with Gasteiger partial charge in [0.1, 0.15) is 5.60 Å². The fourth-order valence-electron chi connectivity index (χ4n) is 6.36. The Morgan fingerprint density at radius 1 is 1.25 bits per heavy atom. The van der Waals surface area contributed by atoms with Crippen molar-refractivity contribution >= 4 is 5.71 Å². The maximum absolute atomic E-state index is 11.6. The molecule has 0 spiro atoms. The molecule has 0 saturated heterocycles. The van der Waals surface area contributed by atoms with Crippen LogP contribution in [0.1, 0.15) is 58.8 Å². The molecule has 32 heavy (non-hydrogen) atoms. The highest BCUT2D eigenvalue weighted by atomic mass is 16.7. The summed E-state index contributed by atoms with van der Waals surface area (Å²) in [7, 11) is 0. The molecule has 4 heteroatoms. The van der Waals surface area contributed by atoms with Crippen LogP contribution in [0.4, 0.5) is 0 Å². The fourth-order valence-corrected chi connectivity index (χ4v) is 6.36. The number of allylic oxidation sites excluding steroid dienone is 7. The van der Waals surface area contributed by atoms with Gasteiger partial charge in [0.2, 0.25) is 6.79 Å². The lowest BCUT2D eigenvalue weighted by molar-refractivity contribution is -0.0533. The van der Waals surface area contributed by atoms with Gasteiger partial charge in [0.05, 0.1) is 0 Å². The Hall–Kier alpha value is -2.51. The first kappa shape index (κ1) is 22.7. The largest absolute Gasteiger partial charge is 0.454 e. The van der Waals surface area contributed by atoms with E-state index in [9.17, 15) is 5.11 Å². The van der Waals surface area contributed by atoms with E-state index in [1.54, 1.807) is 6.08 Å². The number of aliphatic hydroxyl groups is 1. The van der Waals surface area contributed by atoms with E-state index in [-0.39, 0.29) is 18.1 Å². The molecule has 0 radical (unpaired) electrons. The van der Waals surface area contributed by atoms with Crippen LogP contribution >= 0.6 is 0 Å². The molecule has 0 aromatic heterocycles. The van der Waals surface area contributed by atoms with Gasteiger partial charge in [0.15, 0.2) is 11.5 Å². The molecule has 0 aromatic carbocycles.